The number of ether oxygens (including phenoxy) is 1. The van der Waals surface area contributed by atoms with Crippen molar-refractivity contribution in [3.05, 3.63) is 106 Å². The molecule has 0 saturated heterocycles. The van der Waals surface area contributed by atoms with Crippen LogP contribution in [0.25, 0.3) is 0 Å². The molecule has 0 radical (unpaired) electrons. The van der Waals surface area contributed by atoms with Gasteiger partial charge in [0.25, 0.3) is 17.7 Å². The zero-order chi connectivity index (χ0) is 26.8. The number of nitrogens with one attached hydrogen (secondary N) is 1. The Balaban J connectivity index is 1.27. The largest absolute Gasteiger partial charge is 0.462 e. The average molecular weight is 530 g/mol. The number of nitrogens with zero attached hydrogens (tertiary/aromatic N) is 2. The summed E-state index contributed by atoms with van der Waals surface area (Å²) in [6.45, 7) is 3.14. The molecule has 5 rings (SSSR count). The Morgan fingerprint density at radius 1 is 0.895 bits per heavy atom. The van der Waals surface area contributed by atoms with Crippen LogP contribution >= 0.6 is 11.6 Å². The lowest BCUT2D eigenvalue weighted by atomic mass is 9.99. The number of imide groups is 1. The minimum atomic E-state index is -0.680. The van der Waals surface area contributed by atoms with E-state index in [-0.39, 0.29) is 28.9 Å². The van der Waals surface area contributed by atoms with E-state index >= 15 is 0 Å². The third-order valence-electron chi connectivity index (χ3n) is 6.48. The van der Waals surface area contributed by atoms with Gasteiger partial charge in [0.1, 0.15) is 10.7 Å². The lowest BCUT2D eigenvalue weighted by Crippen LogP contribution is -2.35. The molecular weight excluding hydrogens is 506 g/mol. The molecule has 0 fully saturated rings. The van der Waals surface area contributed by atoms with Gasteiger partial charge in [-0.25, -0.2) is 9.69 Å². The number of carbonyl (C=O) groups is 4. The highest BCUT2D eigenvalue weighted by molar-refractivity contribution is 6.53. The SMILES string of the molecule is CCOC(=O)c1ccc(N2C(=O)C(Cl)=C(Nc3ccc(C(=O)N4CCc5ccccc5C4)cc3)C2=O)cc1. The van der Waals surface area contributed by atoms with Gasteiger partial charge in [-0.3, -0.25) is 14.4 Å². The van der Waals surface area contributed by atoms with Crippen LogP contribution in [0, 0.1) is 0 Å². The molecule has 0 saturated carbocycles. The number of amides is 3. The second-order valence-electron chi connectivity index (χ2n) is 8.85. The highest BCUT2D eigenvalue weighted by Gasteiger charge is 2.39. The molecule has 8 nitrogen and oxygen atoms in total. The molecule has 3 amide bonds. The predicted octanol–water partition coefficient (Wildman–Crippen LogP) is 4.50. The molecule has 0 aromatic heterocycles. The van der Waals surface area contributed by atoms with Crippen molar-refractivity contribution in [1.82, 2.24) is 4.90 Å². The van der Waals surface area contributed by atoms with E-state index in [0.717, 1.165) is 16.9 Å². The topological polar surface area (TPSA) is 96.0 Å². The van der Waals surface area contributed by atoms with Gasteiger partial charge in [-0.2, -0.15) is 0 Å². The van der Waals surface area contributed by atoms with E-state index in [1.165, 1.54) is 29.8 Å². The van der Waals surface area contributed by atoms with Gasteiger partial charge in [0.15, 0.2) is 0 Å². The van der Waals surface area contributed by atoms with Crippen LogP contribution in [-0.2, 0) is 27.3 Å². The van der Waals surface area contributed by atoms with Crippen molar-refractivity contribution in [2.45, 2.75) is 19.9 Å². The first kappa shape index (κ1) is 25.2. The van der Waals surface area contributed by atoms with Crippen molar-refractivity contribution in [2.75, 3.05) is 23.4 Å². The molecule has 2 heterocycles. The molecule has 3 aromatic carbocycles. The average Bonchev–Trinajstić information content (AvgIpc) is 3.15. The molecule has 192 valence electrons. The molecular formula is C29H24ClN3O5. The maximum absolute atomic E-state index is 13.1. The van der Waals surface area contributed by atoms with Gasteiger partial charge in [-0.15, -0.1) is 0 Å². The summed E-state index contributed by atoms with van der Waals surface area (Å²) < 4.78 is 4.96. The normalized spacial score (nSPS) is 15.0. The number of rotatable bonds is 6. The van der Waals surface area contributed by atoms with Crippen LogP contribution in [-0.4, -0.2) is 41.7 Å². The van der Waals surface area contributed by atoms with Gasteiger partial charge in [0.05, 0.1) is 17.9 Å². The van der Waals surface area contributed by atoms with Crippen LogP contribution in [0.15, 0.2) is 83.5 Å². The lowest BCUT2D eigenvalue weighted by Gasteiger charge is -2.29. The summed E-state index contributed by atoms with van der Waals surface area (Å²) in [6.07, 6.45) is 0.812. The fourth-order valence-corrected chi connectivity index (χ4v) is 4.71. The van der Waals surface area contributed by atoms with E-state index in [4.69, 9.17) is 16.3 Å². The number of anilines is 2. The van der Waals surface area contributed by atoms with Crippen LogP contribution in [0.3, 0.4) is 0 Å². The molecule has 38 heavy (non-hydrogen) atoms. The quantitative estimate of drug-likeness (QED) is 0.373. The standard InChI is InChI=1S/C29H24ClN3O5/c1-2-38-29(37)20-9-13-23(14-10-20)33-27(35)24(30)25(28(33)36)31-22-11-7-19(8-12-22)26(34)32-16-15-18-5-3-4-6-21(18)17-32/h3-14,31H,2,15-17H2,1H3. The Kier molecular flexibility index (Phi) is 6.98. The Morgan fingerprint density at radius 3 is 2.24 bits per heavy atom. The zero-order valence-corrected chi connectivity index (χ0v) is 21.3. The first-order valence-corrected chi connectivity index (χ1v) is 12.5. The first-order valence-electron chi connectivity index (χ1n) is 12.2. The van der Waals surface area contributed by atoms with Crippen LogP contribution in [0.2, 0.25) is 0 Å². The van der Waals surface area contributed by atoms with Crippen LogP contribution < -0.4 is 10.2 Å². The second-order valence-corrected chi connectivity index (χ2v) is 9.23. The summed E-state index contributed by atoms with van der Waals surface area (Å²) in [4.78, 5) is 53.6. The predicted molar refractivity (Wildman–Crippen MR) is 143 cm³/mol. The molecule has 2 aliphatic rings. The van der Waals surface area contributed by atoms with Crippen LogP contribution in [0.1, 0.15) is 38.8 Å². The second kappa shape index (κ2) is 10.5. The van der Waals surface area contributed by atoms with E-state index in [0.29, 0.717) is 29.9 Å². The molecule has 0 bridgehead atoms. The Morgan fingerprint density at radius 2 is 1.55 bits per heavy atom. The molecule has 0 spiro atoms. The van der Waals surface area contributed by atoms with Gasteiger partial charge < -0.3 is 15.0 Å². The van der Waals surface area contributed by atoms with E-state index in [9.17, 15) is 19.2 Å². The maximum Gasteiger partial charge on any atom is 0.338 e. The van der Waals surface area contributed by atoms with Gasteiger partial charge in [0, 0.05) is 24.3 Å². The third kappa shape index (κ3) is 4.78. The molecule has 0 atom stereocenters. The van der Waals surface area contributed by atoms with Gasteiger partial charge in [-0.1, -0.05) is 35.9 Å². The summed E-state index contributed by atoms with van der Waals surface area (Å²) in [5, 5.41) is 2.66. The summed E-state index contributed by atoms with van der Waals surface area (Å²) in [5.41, 5.74) is 3.93. The minimum absolute atomic E-state index is 0.0714. The molecule has 9 heteroatoms. The Bertz CT molecular complexity index is 1460. The maximum atomic E-state index is 13.1. The highest BCUT2D eigenvalue weighted by atomic mass is 35.5. The van der Waals surface area contributed by atoms with Crippen molar-refractivity contribution in [3.8, 4) is 0 Å². The van der Waals surface area contributed by atoms with Crippen LogP contribution in [0.4, 0.5) is 11.4 Å². The molecule has 0 unspecified atom stereocenters. The molecule has 2 aliphatic heterocycles. The number of benzene rings is 3. The van der Waals surface area contributed by atoms with E-state index in [1.54, 1.807) is 31.2 Å². The summed E-state index contributed by atoms with van der Waals surface area (Å²) >= 11 is 6.24. The van der Waals surface area contributed by atoms with Crippen molar-refractivity contribution < 1.29 is 23.9 Å². The number of carbonyl (C=O) groups excluding carboxylic acids is 4. The summed E-state index contributed by atoms with van der Waals surface area (Å²) in [5.74, 6) is -1.88. The molecule has 1 N–H and O–H groups in total. The van der Waals surface area contributed by atoms with E-state index in [1.807, 2.05) is 23.1 Å². The fourth-order valence-electron chi connectivity index (χ4n) is 4.50. The highest BCUT2D eigenvalue weighted by Crippen LogP contribution is 2.30. The minimum Gasteiger partial charge on any atom is -0.462 e. The first-order chi connectivity index (χ1) is 18.4. The smallest absolute Gasteiger partial charge is 0.338 e. The number of fused-ring (bicyclic) bond motifs is 1. The molecule has 0 aliphatic carbocycles. The Hall–Kier alpha value is -4.43. The third-order valence-corrected chi connectivity index (χ3v) is 6.83. The monoisotopic (exact) mass is 529 g/mol. The summed E-state index contributed by atoms with van der Waals surface area (Å²) in [7, 11) is 0. The number of hydrogen-bond donors (Lipinski definition) is 1. The number of hydrogen-bond acceptors (Lipinski definition) is 6. The summed E-state index contributed by atoms with van der Waals surface area (Å²) in [6, 6.07) is 20.7. The zero-order valence-electron chi connectivity index (χ0n) is 20.6. The van der Waals surface area contributed by atoms with Crippen molar-refractivity contribution in [1.29, 1.82) is 0 Å². The fraction of sp³-hybridized carbons (Fsp3) is 0.172. The van der Waals surface area contributed by atoms with E-state index < -0.39 is 17.8 Å². The lowest BCUT2D eigenvalue weighted by molar-refractivity contribution is -0.120. The van der Waals surface area contributed by atoms with Crippen LogP contribution in [0.5, 0.6) is 0 Å². The van der Waals surface area contributed by atoms with Gasteiger partial charge >= 0.3 is 5.97 Å². The van der Waals surface area contributed by atoms with Crippen molar-refractivity contribution >= 4 is 46.7 Å². The Labute approximate surface area is 224 Å². The van der Waals surface area contributed by atoms with Crippen molar-refractivity contribution in [2.24, 2.45) is 0 Å². The molecule has 3 aromatic rings. The van der Waals surface area contributed by atoms with E-state index in [2.05, 4.69) is 11.4 Å². The number of halogens is 1. The van der Waals surface area contributed by atoms with Gasteiger partial charge in [0.2, 0.25) is 0 Å². The number of esters is 1. The van der Waals surface area contributed by atoms with Crippen molar-refractivity contribution in [3.63, 3.8) is 0 Å². The van der Waals surface area contributed by atoms with Gasteiger partial charge in [-0.05, 0) is 73.0 Å².